The summed E-state index contributed by atoms with van der Waals surface area (Å²) in [4.78, 5) is 26.3. The molecule has 4 N–H and O–H groups in total. The second-order valence-electron chi connectivity index (χ2n) is 9.88. The van der Waals surface area contributed by atoms with Crippen molar-refractivity contribution in [2.45, 2.75) is 38.8 Å². The number of pyridine rings is 2. The third-order valence-corrected chi connectivity index (χ3v) is 7.79. The molecule has 4 rings (SSSR count). The van der Waals surface area contributed by atoms with E-state index in [1.165, 1.54) is 5.56 Å². The van der Waals surface area contributed by atoms with Gasteiger partial charge in [-0.1, -0.05) is 18.2 Å². The Morgan fingerprint density at radius 2 is 1.66 bits per heavy atom. The van der Waals surface area contributed by atoms with Crippen molar-refractivity contribution in [3.05, 3.63) is 70.9 Å². The van der Waals surface area contributed by atoms with Crippen LogP contribution in [0.5, 0.6) is 5.75 Å². The number of ether oxygens (including phenoxy) is 3. The predicted octanol–water partition coefficient (Wildman–Crippen LogP) is 5.34. The SMILES string of the molecule is Cc1ccc2c(c1)nc(N)c1ncc(CCc3ccc(OCCOCCOCCC(F)(F)P(=O)(O)O)cc3C)cc12. The number of benzene rings is 2. The standard InChI is InChI=1S/C29H34F2N3O6P/c1-19-3-8-24-25-17-21(18-33-27(25)28(32)34-26(24)15-19)4-5-22-6-7-23(16-20(22)2)40-14-13-39-12-11-38-10-9-29(30,31)41(35,36)37/h3,6-8,15-18H,4-5,9-14H2,1-2H3,(H2,32,34)(H2,35,36,37). The lowest BCUT2D eigenvalue weighted by Crippen LogP contribution is -2.20. The van der Waals surface area contributed by atoms with Crippen molar-refractivity contribution in [2.75, 3.05) is 38.8 Å². The highest BCUT2D eigenvalue weighted by molar-refractivity contribution is 7.53. The Hall–Kier alpha value is -3.21. The number of halogens is 2. The zero-order chi connectivity index (χ0) is 29.6. The molecule has 0 radical (unpaired) electrons. The number of nitrogens with two attached hydrogens (primary N) is 1. The maximum Gasteiger partial charge on any atom is 0.394 e. The van der Waals surface area contributed by atoms with Crippen LogP contribution < -0.4 is 10.5 Å². The number of alkyl halides is 2. The lowest BCUT2D eigenvalue weighted by Gasteiger charge is -2.17. The molecule has 2 aromatic carbocycles. The Morgan fingerprint density at radius 3 is 2.39 bits per heavy atom. The van der Waals surface area contributed by atoms with Crippen molar-refractivity contribution >= 4 is 35.2 Å². The minimum absolute atomic E-state index is 0.0257. The van der Waals surface area contributed by atoms with E-state index in [0.717, 1.165) is 45.8 Å². The number of nitrogens with zero attached hydrogens (tertiary/aromatic N) is 2. The van der Waals surface area contributed by atoms with Crippen molar-refractivity contribution < 1.29 is 37.3 Å². The molecule has 0 spiro atoms. The number of hydrogen-bond donors (Lipinski definition) is 3. The Labute approximate surface area is 236 Å². The van der Waals surface area contributed by atoms with Crippen LogP contribution in [0.3, 0.4) is 0 Å². The minimum Gasteiger partial charge on any atom is -0.491 e. The van der Waals surface area contributed by atoms with Gasteiger partial charge in [0.2, 0.25) is 0 Å². The first-order chi connectivity index (χ1) is 19.4. The zero-order valence-corrected chi connectivity index (χ0v) is 23.9. The summed E-state index contributed by atoms with van der Waals surface area (Å²) >= 11 is 0. The van der Waals surface area contributed by atoms with Gasteiger partial charge in [-0.25, -0.2) is 4.98 Å². The molecule has 2 aromatic heterocycles. The van der Waals surface area contributed by atoms with Gasteiger partial charge in [0.25, 0.3) is 0 Å². The van der Waals surface area contributed by atoms with E-state index in [9.17, 15) is 13.3 Å². The number of fused-ring (bicyclic) bond motifs is 3. The smallest absolute Gasteiger partial charge is 0.394 e. The van der Waals surface area contributed by atoms with Crippen LogP contribution >= 0.6 is 7.60 Å². The van der Waals surface area contributed by atoms with E-state index >= 15 is 0 Å². The second kappa shape index (κ2) is 13.2. The van der Waals surface area contributed by atoms with Crippen molar-refractivity contribution in [1.82, 2.24) is 9.97 Å². The Morgan fingerprint density at radius 1 is 0.927 bits per heavy atom. The molecule has 220 valence electrons. The first-order valence-electron chi connectivity index (χ1n) is 13.2. The van der Waals surface area contributed by atoms with E-state index in [1.807, 2.05) is 44.3 Å². The van der Waals surface area contributed by atoms with Gasteiger partial charge in [0.15, 0.2) is 5.82 Å². The second-order valence-corrected chi connectivity index (χ2v) is 11.6. The van der Waals surface area contributed by atoms with E-state index < -0.39 is 26.3 Å². The molecule has 4 aromatic rings. The molecule has 12 heteroatoms. The van der Waals surface area contributed by atoms with Gasteiger partial charge < -0.3 is 29.7 Å². The van der Waals surface area contributed by atoms with Crippen molar-refractivity contribution in [1.29, 1.82) is 0 Å². The Kier molecular flexibility index (Phi) is 9.88. The molecule has 0 amide bonds. The first-order valence-corrected chi connectivity index (χ1v) is 14.8. The highest BCUT2D eigenvalue weighted by Gasteiger charge is 2.48. The summed E-state index contributed by atoms with van der Waals surface area (Å²) in [5.74, 6) is 1.14. The molecular formula is C29H34F2N3O6P. The lowest BCUT2D eigenvalue weighted by atomic mass is 9.99. The summed E-state index contributed by atoms with van der Waals surface area (Å²) in [5, 5.41) is 2.03. The number of anilines is 1. The van der Waals surface area contributed by atoms with Gasteiger partial charge in [0.05, 0.1) is 31.9 Å². The normalized spacial score (nSPS) is 12.3. The maximum absolute atomic E-state index is 13.2. The molecule has 0 aliphatic rings. The first kappa shape index (κ1) is 30.7. The molecule has 41 heavy (non-hydrogen) atoms. The molecule has 0 atom stereocenters. The molecule has 0 aliphatic heterocycles. The van der Waals surface area contributed by atoms with Gasteiger partial charge >= 0.3 is 13.3 Å². The monoisotopic (exact) mass is 589 g/mol. The lowest BCUT2D eigenvalue weighted by molar-refractivity contribution is -0.00383. The third kappa shape index (κ3) is 7.96. The number of nitrogen functional groups attached to an aromatic ring is 1. The van der Waals surface area contributed by atoms with Crippen LogP contribution in [0.1, 0.15) is 28.7 Å². The van der Waals surface area contributed by atoms with E-state index in [0.29, 0.717) is 23.7 Å². The Bertz CT molecular complexity index is 1560. The van der Waals surface area contributed by atoms with Crippen LogP contribution in [0.4, 0.5) is 14.6 Å². The molecule has 0 saturated heterocycles. The number of rotatable bonds is 14. The summed E-state index contributed by atoms with van der Waals surface area (Å²) in [6.45, 7) is 4.31. The predicted molar refractivity (Wildman–Crippen MR) is 154 cm³/mol. The topological polar surface area (TPSA) is 137 Å². The van der Waals surface area contributed by atoms with Gasteiger partial charge in [-0.05, 0) is 73.2 Å². The Balaban J connectivity index is 1.22. The number of aryl methyl sites for hydroxylation is 4. The average Bonchev–Trinajstić information content (AvgIpc) is 2.90. The minimum atomic E-state index is -5.48. The van der Waals surface area contributed by atoms with Crippen molar-refractivity contribution in [3.8, 4) is 5.75 Å². The zero-order valence-electron chi connectivity index (χ0n) is 23.0. The quantitative estimate of drug-likeness (QED) is 0.101. The molecule has 0 aliphatic carbocycles. The summed E-state index contributed by atoms with van der Waals surface area (Å²) in [7, 11) is -5.48. The maximum atomic E-state index is 13.2. The van der Waals surface area contributed by atoms with Crippen LogP contribution in [0.25, 0.3) is 21.8 Å². The van der Waals surface area contributed by atoms with Gasteiger partial charge in [-0.3, -0.25) is 9.55 Å². The van der Waals surface area contributed by atoms with Crippen LogP contribution in [0.2, 0.25) is 0 Å². The number of aromatic nitrogens is 2. The fourth-order valence-electron chi connectivity index (χ4n) is 4.40. The highest BCUT2D eigenvalue weighted by atomic mass is 31.2. The average molecular weight is 590 g/mol. The molecule has 9 nitrogen and oxygen atoms in total. The summed E-state index contributed by atoms with van der Waals surface area (Å²) in [6.07, 6.45) is 2.45. The summed E-state index contributed by atoms with van der Waals surface area (Å²) in [6, 6.07) is 14.2. The molecule has 0 fully saturated rings. The van der Waals surface area contributed by atoms with E-state index in [4.69, 9.17) is 29.7 Å². The fraction of sp³-hybridized carbons (Fsp3) is 0.379. The summed E-state index contributed by atoms with van der Waals surface area (Å²) < 4.78 is 53.1. The van der Waals surface area contributed by atoms with Gasteiger partial charge in [-0.15, -0.1) is 0 Å². The van der Waals surface area contributed by atoms with E-state index in [1.54, 1.807) is 0 Å². The largest absolute Gasteiger partial charge is 0.491 e. The van der Waals surface area contributed by atoms with Crippen LogP contribution in [-0.4, -0.2) is 58.5 Å². The van der Waals surface area contributed by atoms with Crippen LogP contribution in [0, 0.1) is 13.8 Å². The molecule has 2 heterocycles. The fourth-order valence-corrected chi connectivity index (χ4v) is 4.78. The number of hydrogen-bond acceptors (Lipinski definition) is 7. The van der Waals surface area contributed by atoms with Gasteiger partial charge in [-0.2, -0.15) is 8.78 Å². The van der Waals surface area contributed by atoms with Crippen LogP contribution in [0.15, 0.2) is 48.7 Å². The van der Waals surface area contributed by atoms with Crippen molar-refractivity contribution in [2.24, 2.45) is 0 Å². The molecule has 0 saturated carbocycles. The van der Waals surface area contributed by atoms with Gasteiger partial charge in [0, 0.05) is 23.4 Å². The van der Waals surface area contributed by atoms with E-state index in [2.05, 4.69) is 28.2 Å². The van der Waals surface area contributed by atoms with Gasteiger partial charge in [0.1, 0.15) is 17.9 Å². The van der Waals surface area contributed by atoms with Crippen molar-refractivity contribution in [3.63, 3.8) is 0 Å². The highest BCUT2D eigenvalue weighted by Crippen LogP contribution is 2.54. The molecular weight excluding hydrogens is 555 g/mol. The third-order valence-electron chi connectivity index (χ3n) is 6.71. The molecule has 0 unspecified atom stereocenters. The van der Waals surface area contributed by atoms with E-state index in [-0.39, 0.29) is 19.8 Å². The molecule has 0 bridgehead atoms. The van der Waals surface area contributed by atoms with Crippen LogP contribution in [-0.2, 0) is 26.9 Å². The summed E-state index contributed by atoms with van der Waals surface area (Å²) in [5.41, 5.74) is 8.20.